The molecule has 0 radical (unpaired) electrons. The summed E-state index contributed by atoms with van der Waals surface area (Å²) >= 11 is 0. The van der Waals surface area contributed by atoms with Crippen LogP contribution < -0.4 is 5.73 Å². The van der Waals surface area contributed by atoms with Gasteiger partial charge in [-0.2, -0.15) is 0 Å². The molecule has 0 atom stereocenters. The van der Waals surface area contributed by atoms with Gasteiger partial charge in [0.15, 0.2) is 0 Å². The van der Waals surface area contributed by atoms with E-state index in [1.54, 1.807) is 0 Å². The second kappa shape index (κ2) is 4.63. The molecule has 5 nitrogen and oxygen atoms in total. The molecule has 0 unspecified atom stereocenters. The molecule has 0 fully saturated rings. The maximum atomic E-state index is 12.0. The first kappa shape index (κ1) is 11.3. The van der Waals surface area contributed by atoms with Crippen LogP contribution in [0.4, 0.5) is 14.6 Å². The molecule has 1 amide bonds. The maximum absolute atomic E-state index is 12.0. The summed E-state index contributed by atoms with van der Waals surface area (Å²) < 4.78 is 24.0. The highest BCUT2D eigenvalue weighted by Gasteiger charge is 2.16. The number of anilines is 1. The smallest absolute Gasteiger partial charge is 0.273 e. The van der Waals surface area contributed by atoms with Crippen molar-refractivity contribution in [2.24, 2.45) is 0 Å². The van der Waals surface area contributed by atoms with Crippen molar-refractivity contribution in [2.75, 3.05) is 19.3 Å². The van der Waals surface area contributed by atoms with Crippen LogP contribution in [0, 0.1) is 0 Å². The summed E-state index contributed by atoms with van der Waals surface area (Å²) in [5, 5.41) is 0. The van der Waals surface area contributed by atoms with Crippen molar-refractivity contribution in [1.82, 2.24) is 14.9 Å². The Hall–Kier alpha value is -1.79. The van der Waals surface area contributed by atoms with Gasteiger partial charge in [0.1, 0.15) is 11.5 Å². The Morgan fingerprint density at radius 3 is 2.67 bits per heavy atom. The average molecular weight is 216 g/mol. The van der Waals surface area contributed by atoms with E-state index in [1.807, 2.05) is 0 Å². The zero-order valence-corrected chi connectivity index (χ0v) is 8.02. The monoisotopic (exact) mass is 216 g/mol. The molecule has 2 N–H and O–H groups in total. The van der Waals surface area contributed by atoms with E-state index in [0.29, 0.717) is 0 Å². The third-order valence-electron chi connectivity index (χ3n) is 1.65. The van der Waals surface area contributed by atoms with Crippen LogP contribution in [-0.4, -0.2) is 40.8 Å². The number of hydrogen-bond acceptors (Lipinski definition) is 4. The van der Waals surface area contributed by atoms with E-state index in [-0.39, 0.29) is 11.5 Å². The Balaban J connectivity index is 2.72. The zero-order valence-electron chi connectivity index (χ0n) is 8.02. The lowest BCUT2D eigenvalue weighted by Gasteiger charge is -2.15. The second-order valence-electron chi connectivity index (χ2n) is 2.90. The van der Waals surface area contributed by atoms with Crippen molar-refractivity contribution in [3.8, 4) is 0 Å². The minimum atomic E-state index is -2.57. The van der Waals surface area contributed by atoms with Crippen LogP contribution in [0.5, 0.6) is 0 Å². The number of nitrogen functional groups attached to an aromatic ring is 1. The molecular formula is C8H10F2N4O. The van der Waals surface area contributed by atoms with Crippen molar-refractivity contribution >= 4 is 11.7 Å². The van der Waals surface area contributed by atoms with Crippen molar-refractivity contribution in [3.05, 3.63) is 18.1 Å². The van der Waals surface area contributed by atoms with Crippen LogP contribution >= 0.6 is 0 Å². The van der Waals surface area contributed by atoms with E-state index in [2.05, 4.69) is 9.97 Å². The molecule has 0 aliphatic carbocycles. The minimum absolute atomic E-state index is 0.00708. The largest absolute Gasteiger partial charge is 0.382 e. The molecule has 1 heterocycles. The summed E-state index contributed by atoms with van der Waals surface area (Å²) in [6.07, 6.45) is -0.219. The molecule has 0 spiro atoms. The summed E-state index contributed by atoms with van der Waals surface area (Å²) in [7, 11) is 1.27. The van der Waals surface area contributed by atoms with Gasteiger partial charge >= 0.3 is 0 Å². The average Bonchev–Trinajstić information content (AvgIpc) is 2.17. The minimum Gasteiger partial charge on any atom is -0.382 e. The molecule has 0 aromatic carbocycles. The Bertz CT molecular complexity index is 341. The number of hydrogen-bond donors (Lipinski definition) is 1. The van der Waals surface area contributed by atoms with Gasteiger partial charge in [0, 0.05) is 7.05 Å². The first-order valence-electron chi connectivity index (χ1n) is 4.12. The number of amides is 1. The first-order valence-corrected chi connectivity index (χ1v) is 4.12. The van der Waals surface area contributed by atoms with E-state index in [1.165, 1.54) is 13.2 Å². The van der Waals surface area contributed by atoms with Crippen LogP contribution in [-0.2, 0) is 0 Å². The number of rotatable bonds is 3. The highest BCUT2D eigenvalue weighted by molar-refractivity contribution is 5.91. The van der Waals surface area contributed by atoms with Crippen molar-refractivity contribution in [2.45, 2.75) is 6.43 Å². The molecule has 0 saturated heterocycles. The van der Waals surface area contributed by atoms with E-state index in [4.69, 9.17) is 5.73 Å². The van der Waals surface area contributed by atoms with E-state index in [9.17, 15) is 13.6 Å². The Morgan fingerprint density at radius 1 is 1.53 bits per heavy atom. The molecule has 0 aliphatic heterocycles. The summed E-state index contributed by atoms with van der Waals surface area (Å²) in [5.74, 6) is -0.439. The molecule has 15 heavy (non-hydrogen) atoms. The molecule has 0 bridgehead atoms. The van der Waals surface area contributed by atoms with Gasteiger partial charge in [-0.3, -0.25) is 4.79 Å². The normalized spacial score (nSPS) is 10.4. The number of aromatic nitrogens is 2. The summed E-state index contributed by atoms with van der Waals surface area (Å²) in [5.41, 5.74) is 5.26. The van der Waals surface area contributed by atoms with Gasteiger partial charge in [-0.05, 0) is 0 Å². The van der Waals surface area contributed by atoms with Gasteiger partial charge in [-0.15, -0.1) is 0 Å². The second-order valence-corrected chi connectivity index (χ2v) is 2.90. The molecule has 7 heteroatoms. The molecule has 0 aliphatic rings. The predicted octanol–water partition coefficient (Wildman–Crippen LogP) is 0.396. The summed E-state index contributed by atoms with van der Waals surface area (Å²) in [6, 6.07) is 0. The van der Waals surface area contributed by atoms with Crippen LogP contribution in [0.15, 0.2) is 12.4 Å². The highest BCUT2D eigenvalue weighted by Crippen LogP contribution is 2.03. The van der Waals surface area contributed by atoms with E-state index in [0.717, 1.165) is 11.1 Å². The number of halogens is 2. The van der Waals surface area contributed by atoms with E-state index < -0.39 is 18.9 Å². The van der Waals surface area contributed by atoms with Gasteiger partial charge in [0.05, 0.1) is 18.9 Å². The van der Waals surface area contributed by atoms with Crippen LogP contribution in [0.1, 0.15) is 10.5 Å². The fraction of sp³-hybridized carbons (Fsp3) is 0.375. The fourth-order valence-electron chi connectivity index (χ4n) is 0.934. The molecule has 82 valence electrons. The van der Waals surface area contributed by atoms with Crippen LogP contribution in [0.2, 0.25) is 0 Å². The molecular weight excluding hydrogens is 206 g/mol. The molecule has 1 aromatic rings. The van der Waals surface area contributed by atoms with Gasteiger partial charge < -0.3 is 10.6 Å². The quantitative estimate of drug-likeness (QED) is 0.793. The fourth-order valence-corrected chi connectivity index (χ4v) is 0.934. The van der Waals surface area contributed by atoms with Crippen molar-refractivity contribution in [1.29, 1.82) is 0 Å². The lowest BCUT2D eigenvalue weighted by atomic mass is 10.4. The van der Waals surface area contributed by atoms with Crippen LogP contribution in [0.3, 0.4) is 0 Å². The lowest BCUT2D eigenvalue weighted by Crippen LogP contribution is -2.31. The topological polar surface area (TPSA) is 72.1 Å². The zero-order chi connectivity index (χ0) is 11.4. The van der Waals surface area contributed by atoms with E-state index >= 15 is 0 Å². The molecule has 1 rings (SSSR count). The molecule has 0 saturated carbocycles. The Kier molecular flexibility index (Phi) is 3.48. The molecule has 1 aromatic heterocycles. The Labute approximate surface area is 84.9 Å². The third kappa shape index (κ3) is 3.12. The number of alkyl halides is 2. The first-order chi connectivity index (χ1) is 7.00. The number of carbonyl (C=O) groups excluding carboxylic acids is 1. The SMILES string of the molecule is CN(CC(F)F)C(=O)c1cnc(N)cn1. The highest BCUT2D eigenvalue weighted by atomic mass is 19.3. The number of carbonyl (C=O) groups is 1. The summed E-state index contributed by atoms with van der Waals surface area (Å²) in [6.45, 7) is -0.634. The summed E-state index contributed by atoms with van der Waals surface area (Å²) in [4.78, 5) is 19.6. The van der Waals surface area contributed by atoms with Gasteiger partial charge in [-0.25, -0.2) is 18.7 Å². The predicted molar refractivity (Wildman–Crippen MR) is 49.4 cm³/mol. The van der Waals surface area contributed by atoms with Gasteiger partial charge in [0.2, 0.25) is 0 Å². The lowest BCUT2D eigenvalue weighted by molar-refractivity contribution is 0.0615. The van der Waals surface area contributed by atoms with Gasteiger partial charge in [-0.1, -0.05) is 0 Å². The Morgan fingerprint density at radius 2 is 2.20 bits per heavy atom. The third-order valence-corrected chi connectivity index (χ3v) is 1.65. The number of nitrogens with zero attached hydrogens (tertiary/aromatic N) is 3. The van der Waals surface area contributed by atoms with Gasteiger partial charge in [0.25, 0.3) is 12.3 Å². The van der Waals surface area contributed by atoms with Crippen molar-refractivity contribution < 1.29 is 13.6 Å². The van der Waals surface area contributed by atoms with Crippen LogP contribution in [0.25, 0.3) is 0 Å². The maximum Gasteiger partial charge on any atom is 0.273 e. The number of nitrogens with two attached hydrogens (primary N) is 1. The standard InChI is InChI=1S/C8H10F2N4O/c1-14(4-6(9)10)8(15)5-2-13-7(11)3-12-5/h2-3,6H,4H2,1H3,(H2,11,13). The van der Waals surface area contributed by atoms with Crippen molar-refractivity contribution in [3.63, 3.8) is 0 Å².